The number of hydrogen-bond donors (Lipinski definition) is 1. The van der Waals surface area contributed by atoms with Gasteiger partial charge in [-0.15, -0.1) is 21.5 Å². The topological polar surface area (TPSA) is 59.3 Å². The van der Waals surface area contributed by atoms with Gasteiger partial charge in [-0.25, -0.2) is 0 Å². The van der Waals surface area contributed by atoms with Gasteiger partial charge in [-0.3, -0.25) is 14.5 Å². The minimum absolute atomic E-state index is 0.172. The quantitative estimate of drug-likeness (QED) is 0.617. The van der Waals surface area contributed by atoms with Crippen molar-refractivity contribution in [2.75, 3.05) is 5.32 Å². The largest absolute Gasteiger partial charge is 0.289 e. The first-order valence-electron chi connectivity index (χ1n) is 6.41. The second-order valence-corrected chi connectivity index (χ2v) is 5.64. The highest BCUT2D eigenvalue weighted by Crippen LogP contribution is 2.25. The summed E-state index contributed by atoms with van der Waals surface area (Å²) in [5, 5.41) is 11.9. The van der Waals surface area contributed by atoms with Crippen LogP contribution in [-0.4, -0.2) is 20.5 Å². The van der Waals surface area contributed by atoms with E-state index in [2.05, 4.69) is 15.5 Å². The summed E-state index contributed by atoms with van der Waals surface area (Å²) in [5.41, 5.74) is 0.698. The lowest BCUT2D eigenvalue weighted by Gasteiger charge is -2.00. The summed E-state index contributed by atoms with van der Waals surface area (Å²) in [5.74, 6) is 0.252. The van der Waals surface area contributed by atoms with Gasteiger partial charge in [0.15, 0.2) is 5.65 Å². The molecule has 0 saturated carbocycles. The standard InChI is InChI=1S/C15H10N4OS/c20-14(12-9-10-5-1-2-6-11(10)21-12)16-15-18-17-13-7-3-4-8-19(13)15/h1-9H,(H,16,18,20). The molecule has 0 aliphatic carbocycles. The van der Waals surface area contributed by atoms with Crippen LogP contribution in [0.1, 0.15) is 9.67 Å². The summed E-state index contributed by atoms with van der Waals surface area (Å²) in [6, 6.07) is 15.4. The van der Waals surface area contributed by atoms with Crippen molar-refractivity contribution >= 4 is 38.9 Å². The third-order valence-corrected chi connectivity index (χ3v) is 4.30. The maximum atomic E-state index is 12.3. The molecule has 0 spiro atoms. The molecule has 102 valence electrons. The van der Waals surface area contributed by atoms with Gasteiger partial charge in [0.05, 0.1) is 4.88 Å². The Morgan fingerprint density at radius 2 is 1.95 bits per heavy atom. The third kappa shape index (κ3) is 2.05. The number of hydrogen-bond acceptors (Lipinski definition) is 4. The first kappa shape index (κ1) is 12.0. The van der Waals surface area contributed by atoms with Gasteiger partial charge in [-0.1, -0.05) is 24.3 Å². The Hall–Kier alpha value is -2.73. The molecule has 4 rings (SSSR count). The number of aromatic nitrogens is 3. The normalized spacial score (nSPS) is 11.0. The van der Waals surface area contributed by atoms with Crippen LogP contribution < -0.4 is 5.32 Å². The second kappa shape index (κ2) is 4.68. The number of benzene rings is 1. The van der Waals surface area contributed by atoms with E-state index in [4.69, 9.17) is 0 Å². The molecule has 0 unspecified atom stereocenters. The minimum atomic E-state index is -0.172. The minimum Gasteiger partial charge on any atom is -0.289 e. The molecule has 3 heterocycles. The molecule has 0 atom stereocenters. The first-order valence-corrected chi connectivity index (χ1v) is 7.22. The predicted molar refractivity (Wildman–Crippen MR) is 82.8 cm³/mol. The zero-order chi connectivity index (χ0) is 14.2. The summed E-state index contributed by atoms with van der Waals surface area (Å²) in [6.45, 7) is 0. The van der Waals surface area contributed by atoms with E-state index in [1.807, 2.05) is 54.7 Å². The molecule has 0 saturated heterocycles. The summed E-state index contributed by atoms with van der Waals surface area (Å²) in [7, 11) is 0. The van der Waals surface area contributed by atoms with Crippen molar-refractivity contribution in [1.82, 2.24) is 14.6 Å². The average molecular weight is 294 g/mol. The van der Waals surface area contributed by atoms with Crippen LogP contribution in [0.15, 0.2) is 54.7 Å². The van der Waals surface area contributed by atoms with Gasteiger partial charge < -0.3 is 0 Å². The summed E-state index contributed by atoms with van der Waals surface area (Å²) >= 11 is 1.46. The van der Waals surface area contributed by atoms with E-state index in [0.717, 1.165) is 10.1 Å². The van der Waals surface area contributed by atoms with Crippen LogP contribution in [0.5, 0.6) is 0 Å². The smallest absolute Gasteiger partial charge is 0.268 e. The van der Waals surface area contributed by atoms with Crippen LogP contribution in [0.3, 0.4) is 0 Å². The van der Waals surface area contributed by atoms with Crippen molar-refractivity contribution in [3.63, 3.8) is 0 Å². The zero-order valence-corrected chi connectivity index (χ0v) is 11.7. The van der Waals surface area contributed by atoms with Gasteiger partial charge in [0.2, 0.25) is 5.95 Å². The Bertz CT molecular complexity index is 923. The molecule has 0 aliphatic rings. The third-order valence-electron chi connectivity index (χ3n) is 3.19. The van der Waals surface area contributed by atoms with E-state index < -0.39 is 0 Å². The summed E-state index contributed by atoms with van der Waals surface area (Å²) in [4.78, 5) is 13.0. The van der Waals surface area contributed by atoms with E-state index >= 15 is 0 Å². The Kier molecular flexibility index (Phi) is 2.68. The maximum absolute atomic E-state index is 12.3. The van der Waals surface area contributed by atoms with Crippen LogP contribution in [0, 0.1) is 0 Å². The van der Waals surface area contributed by atoms with Gasteiger partial charge in [-0.05, 0) is 29.7 Å². The zero-order valence-electron chi connectivity index (χ0n) is 10.9. The van der Waals surface area contributed by atoms with Crippen molar-refractivity contribution in [2.24, 2.45) is 0 Å². The fourth-order valence-electron chi connectivity index (χ4n) is 2.18. The monoisotopic (exact) mass is 294 g/mol. The van der Waals surface area contributed by atoms with Crippen molar-refractivity contribution in [1.29, 1.82) is 0 Å². The van der Waals surface area contributed by atoms with E-state index in [1.165, 1.54) is 11.3 Å². The van der Waals surface area contributed by atoms with Crippen molar-refractivity contribution in [3.05, 3.63) is 59.6 Å². The molecule has 6 heteroatoms. The van der Waals surface area contributed by atoms with Crippen LogP contribution in [0.4, 0.5) is 5.95 Å². The number of nitrogens with one attached hydrogen (secondary N) is 1. The Morgan fingerprint density at radius 1 is 1.10 bits per heavy atom. The van der Waals surface area contributed by atoms with Gasteiger partial charge in [-0.2, -0.15) is 0 Å². The van der Waals surface area contributed by atoms with E-state index in [9.17, 15) is 4.79 Å². The molecule has 0 fully saturated rings. The average Bonchev–Trinajstić information content (AvgIpc) is 3.11. The van der Waals surface area contributed by atoms with E-state index in [1.54, 1.807) is 4.40 Å². The Morgan fingerprint density at radius 3 is 2.86 bits per heavy atom. The van der Waals surface area contributed by atoms with Crippen LogP contribution in [0.25, 0.3) is 15.7 Å². The lowest BCUT2D eigenvalue weighted by Crippen LogP contribution is -2.12. The van der Waals surface area contributed by atoms with Crippen LogP contribution in [0.2, 0.25) is 0 Å². The Balaban J connectivity index is 1.69. The molecular weight excluding hydrogens is 284 g/mol. The number of rotatable bonds is 2. The number of thiophene rings is 1. The SMILES string of the molecule is O=C(Nc1nnc2ccccn12)c1cc2ccccc2s1. The van der Waals surface area contributed by atoms with E-state index in [0.29, 0.717) is 16.5 Å². The molecule has 1 N–H and O–H groups in total. The number of carbonyl (C=O) groups is 1. The maximum Gasteiger partial charge on any atom is 0.268 e. The fourth-order valence-corrected chi connectivity index (χ4v) is 3.14. The highest BCUT2D eigenvalue weighted by molar-refractivity contribution is 7.20. The molecule has 1 aromatic carbocycles. The fraction of sp³-hybridized carbons (Fsp3) is 0. The lowest BCUT2D eigenvalue weighted by atomic mass is 10.2. The first-order chi connectivity index (χ1) is 10.3. The molecular formula is C15H10N4OS. The van der Waals surface area contributed by atoms with Gasteiger partial charge in [0.1, 0.15) is 0 Å². The molecule has 0 radical (unpaired) electrons. The molecule has 21 heavy (non-hydrogen) atoms. The van der Waals surface area contributed by atoms with Crippen molar-refractivity contribution in [3.8, 4) is 0 Å². The van der Waals surface area contributed by atoms with Gasteiger partial charge in [0, 0.05) is 10.9 Å². The molecule has 3 aromatic heterocycles. The van der Waals surface area contributed by atoms with Gasteiger partial charge >= 0.3 is 0 Å². The number of pyridine rings is 1. The number of carbonyl (C=O) groups excluding carboxylic acids is 1. The predicted octanol–water partition coefficient (Wildman–Crippen LogP) is 3.20. The Labute approximate surface area is 123 Å². The molecule has 5 nitrogen and oxygen atoms in total. The van der Waals surface area contributed by atoms with Crippen LogP contribution in [-0.2, 0) is 0 Å². The van der Waals surface area contributed by atoms with Crippen LogP contribution >= 0.6 is 11.3 Å². The number of nitrogens with zero attached hydrogens (tertiary/aromatic N) is 3. The summed E-state index contributed by atoms with van der Waals surface area (Å²) in [6.07, 6.45) is 1.82. The summed E-state index contributed by atoms with van der Waals surface area (Å²) < 4.78 is 2.83. The molecule has 0 aliphatic heterocycles. The van der Waals surface area contributed by atoms with E-state index in [-0.39, 0.29) is 5.91 Å². The number of amides is 1. The second-order valence-electron chi connectivity index (χ2n) is 4.56. The molecule has 1 amide bonds. The molecule has 0 bridgehead atoms. The van der Waals surface area contributed by atoms with Crippen molar-refractivity contribution in [2.45, 2.75) is 0 Å². The highest BCUT2D eigenvalue weighted by atomic mass is 32.1. The van der Waals surface area contributed by atoms with Crippen molar-refractivity contribution < 1.29 is 4.79 Å². The molecule has 4 aromatic rings. The lowest BCUT2D eigenvalue weighted by molar-refractivity contribution is 0.102. The highest BCUT2D eigenvalue weighted by Gasteiger charge is 2.13. The number of anilines is 1. The number of fused-ring (bicyclic) bond motifs is 2. The van der Waals surface area contributed by atoms with Gasteiger partial charge in [0.25, 0.3) is 5.91 Å².